The molecule has 0 aromatic rings. The van der Waals surface area contributed by atoms with Gasteiger partial charge in [0.25, 0.3) is 0 Å². The molecule has 0 bridgehead atoms. The molecule has 0 saturated heterocycles. The van der Waals surface area contributed by atoms with Crippen LogP contribution in [0, 0.1) is 11.8 Å². The highest BCUT2D eigenvalue weighted by Crippen LogP contribution is 2.38. The normalized spacial score (nSPS) is 22.7. The number of primary amides is 1. The van der Waals surface area contributed by atoms with Gasteiger partial charge in [-0.05, 0) is 31.1 Å². The first-order valence-electron chi connectivity index (χ1n) is 4.16. The summed E-state index contributed by atoms with van der Waals surface area (Å²) in [4.78, 5) is 10.6. The monoisotopic (exact) mass is 156 g/mol. The van der Waals surface area contributed by atoms with E-state index in [4.69, 9.17) is 11.5 Å². The van der Waals surface area contributed by atoms with Gasteiger partial charge in [0.1, 0.15) is 0 Å². The molecular weight excluding hydrogens is 140 g/mol. The molecule has 1 saturated carbocycles. The van der Waals surface area contributed by atoms with Gasteiger partial charge in [0.05, 0.1) is 6.04 Å². The molecule has 3 heteroatoms. The second kappa shape index (κ2) is 3.22. The Morgan fingerprint density at radius 3 is 2.55 bits per heavy atom. The van der Waals surface area contributed by atoms with Gasteiger partial charge < -0.3 is 11.5 Å². The van der Waals surface area contributed by atoms with E-state index in [2.05, 4.69) is 6.92 Å². The zero-order chi connectivity index (χ0) is 8.43. The second-order valence-corrected chi connectivity index (χ2v) is 3.56. The first kappa shape index (κ1) is 8.53. The van der Waals surface area contributed by atoms with Gasteiger partial charge in [-0.25, -0.2) is 0 Å². The van der Waals surface area contributed by atoms with Crippen LogP contribution in [0.5, 0.6) is 0 Å². The highest BCUT2D eigenvalue weighted by atomic mass is 16.1. The number of amides is 1. The Morgan fingerprint density at radius 1 is 1.64 bits per heavy atom. The maximum Gasteiger partial charge on any atom is 0.234 e. The summed E-state index contributed by atoms with van der Waals surface area (Å²) in [5, 5.41) is 0. The van der Waals surface area contributed by atoms with E-state index >= 15 is 0 Å². The fourth-order valence-electron chi connectivity index (χ4n) is 1.37. The summed E-state index contributed by atoms with van der Waals surface area (Å²) in [6, 6.07) is -0.439. The Hall–Kier alpha value is -0.570. The molecule has 0 radical (unpaired) electrons. The average molecular weight is 156 g/mol. The molecule has 1 aliphatic carbocycles. The molecular formula is C8H16N2O. The molecule has 2 unspecified atom stereocenters. The first-order valence-corrected chi connectivity index (χ1v) is 4.16. The molecule has 11 heavy (non-hydrogen) atoms. The van der Waals surface area contributed by atoms with E-state index in [1.165, 1.54) is 12.8 Å². The van der Waals surface area contributed by atoms with Gasteiger partial charge in [-0.2, -0.15) is 0 Å². The summed E-state index contributed by atoms with van der Waals surface area (Å²) in [6.07, 6.45) is 3.35. The van der Waals surface area contributed by atoms with Crippen molar-refractivity contribution in [2.45, 2.75) is 32.2 Å². The lowest BCUT2D eigenvalue weighted by Gasteiger charge is -2.13. The fourth-order valence-corrected chi connectivity index (χ4v) is 1.37. The Balaban J connectivity index is 2.22. The van der Waals surface area contributed by atoms with E-state index in [0.717, 1.165) is 12.3 Å². The summed E-state index contributed by atoms with van der Waals surface area (Å²) >= 11 is 0. The Bertz CT molecular complexity index is 154. The maximum absolute atomic E-state index is 10.6. The highest BCUT2D eigenvalue weighted by molar-refractivity contribution is 5.79. The number of carbonyl (C=O) groups excluding carboxylic acids is 1. The molecule has 0 aromatic heterocycles. The molecule has 1 amide bonds. The van der Waals surface area contributed by atoms with Crippen LogP contribution in [0.1, 0.15) is 26.2 Å². The van der Waals surface area contributed by atoms with Crippen LogP contribution in [0.15, 0.2) is 0 Å². The van der Waals surface area contributed by atoms with Crippen LogP contribution in [0.2, 0.25) is 0 Å². The Kier molecular flexibility index (Phi) is 2.49. The van der Waals surface area contributed by atoms with Crippen LogP contribution in [-0.2, 0) is 4.79 Å². The number of carbonyl (C=O) groups is 1. The van der Waals surface area contributed by atoms with E-state index < -0.39 is 6.04 Å². The van der Waals surface area contributed by atoms with Crippen LogP contribution in [0.4, 0.5) is 0 Å². The lowest BCUT2D eigenvalue weighted by atomic mass is 9.97. The van der Waals surface area contributed by atoms with Crippen molar-refractivity contribution >= 4 is 5.91 Å². The summed E-state index contributed by atoms with van der Waals surface area (Å²) in [5.74, 6) is 0.996. The summed E-state index contributed by atoms with van der Waals surface area (Å²) in [6.45, 7) is 2.14. The van der Waals surface area contributed by atoms with Crippen molar-refractivity contribution in [3.63, 3.8) is 0 Å². The smallest absolute Gasteiger partial charge is 0.234 e. The standard InChI is InChI=1S/C8H16N2O/c1-5(6-2-3-6)4-7(9)8(10)11/h5-7H,2-4,9H2,1H3,(H2,10,11). The van der Waals surface area contributed by atoms with Gasteiger partial charge in [-0.15, -0.1) is 0 Å². The maximum atomic E-state index is 10.6. The molecule has 1 aliphatic rings. The molecule has 0 aliphatic heterocycles. The summed E-state index contributed by atoms with van der Waals surface area (Å²) < 4.78 is 0. The van der Waals surface area contributed by atoms with Crippen LogP contribution in [0.3, 0.4) is 0 Å². The van der Waals surface area contributed by atoms with Crippen molar-refractivity contribution < 1.29 is 4.79 Å². The molecule has 0 aromatic carbocycles. The number of rotatable bonds is 4. The largest absolute Gasteiger partial charge is 0.368 e. The van der Waals surface area contributed by atoms with E-state index in [9.17, 15) is 4.79 Å². The summed E-state index contributed by atoms with van der Waals surface area (Å²) in [5.41, 5.74) is 10.5. The molecule has 0 spiro atoms. The first-order chi connectivity index (χ1) is 5.11. The van der Waals surface area contributed by atoms with E-state index in [1.807, 2.05) is 0 Å². The van der Waals surface area contributed by atoms with Gasteiger partial charge in [0.15, 0.2) is 0 Å². The minimum Gasteiger partial charge on any atom is -0.368 e. The van der Waals surface area contributed by atoms with E-state index in [0.29, 0.717) is 5.92 Å². The SMILES string of the molecule is CC(CC(N)C(N)=O)C1CC1. The molecule has 3 nitrogen and oxygen atoms in total. The quantitative estimate of drug-likeness (QED) is 0.612. The van der Waals surface area contributed by atoms with Gasteiger partial charge in [0, 0.05) is 0 Å². The minimum atomic E-state index is -0.439. The zero-order valence-electron chi connectivity index (χ0n) is 6.92. The van der Waals surface area contributed by atoms with Gasteiger partial charge in [0.2, 0.25) is 5.91 Å². The molecule has 4 N–H and O–H groups in total. The van der Waals surface area contributed by atoms with Crippen molar-refractivity contribution in [2.24, 2.45) is 23.3 Å². The van der Waals surface area contributed by atoms with E-state index in [1.54, 1.807) is 0 Å². The fraction of sp³-hybridized carbons (Fsp3) is 0.875. The van der Waals surface area contributed by atoms with Crippen LogP contribution < -0.4 is 11.5 Å². The third-order valence-electron chi connectivity index (χ3n) is 2.42. The average Bonchev–Trinajstić information content (AvgIpc) is 2.67. The molecule has 2 atom stereocenters. The second-order valence-electron chi connectivity index (χ2n) is 3.56. The highest BCUT2D eigenvalue weighted by Gasteiger charge is 2.29. The summed E-state index contributed by atoms with van der Waals surface area (Å²) in [7, 11) is 0. The van der Waals surface area contributed by atoms with Gasteiger partial charge in [-0.1, -0.05) is 6.92 Å². The predicted octanol–water partition coefficient (Wildman–Crippen LogP) is 0.235. The van der Waals surface area contributed by atoms with Crippen molar-refractivity contribution in [3.8, 4) is 0 Å². The van der Waals surface area contributed by atoms with Crippen LogP contribution >= 0.6 is 0 Å². The molecule has 1 rings (SSSR count). The minimum absolute atomic E-state index is 0.377. The van der Waals surface area contributed by atoms with Crippen molar-refractivity contribution in [2.75, 3.05) is 0 Å². The predicted molar refractivity (Wildman–Crippen MR) is 43.7 cm³/mol. The van der Waals surface area contributed by atoms with Crippen LogP contribution in [-0.4, -0.2) is 11.9 Å². The van der Waals surface area contributed by atoms with E-state index in [-0.39, 0.29) is 5.91 Å². The topological polar surface area (TPSA) is 69.1 Å². The Labute approximate surface area is 67.1 Å². The van der Waals surface area contributed by atoms with Crippen LogP contribution in [0.25, 0.3) is 0 Å². The Morgan fingerprint density at radius 2 is 2.18 bits per heavy atom. The van der Waals surface area contributed by atoms with Gasteiger partial charge >= 0.3 is 0 Å². The third kappa shape index (κ3) is 2.50. The molecule has 64 valence electrons. The number of hydrogen-bond acceptors (Lipinski definition) is 2. The lowest BCUT2D eigenvalue weighted by Crippen LogP contribution is -2.37. The van der Waals surface area contributed by atoms with Crippen molar-refractivity contribution in [3.05, 3.63) is 0 Å². The number of nitrogens with two attached hydrogens (primary N) is 2. The zero-order valence-corrected chi connectivity index (χ0v) is 6.92. The molecule has 1 fully saturated rings. The lowest BCUT2D eigenvalue weighted by molar-refractivity contribution is -0.119. The van der Waals surface area contributed by atoms with Gasteiger partial charge in [-0.3, -0.25) is 4.79 Å². The molecule has 0 heterocycles. The third-order valence-corrected chi connectivity index (χ3v) is 2.42. The van der Waals surface area contributed by atoms with Crippen molar-refractivity contribution in [1.82, 2.24) is 0 Å². The number of hydrogen-bond donors (Lipinski definition) is 2. The van der Waals surface area contributed by atoms with Crippen molar-refractivity contribution in [1.29, 1.82) is 0 Å².